The maximum Gasteiger partial charge on any atom is 0.125 e. The van der Waals surface area contributed by atoms with Crippen LogP contribution in [0.5, 0.6) is 0 Å². The van der Waals surface area contributed by atoms with E-state index in [-0.39, 0.29) is 16.2 Å². The van der Waals surface area contributed by atoms with E-state index in [1.54, 1.807) is 6.20 Å². The van der Waals surface area contributed by atoms with E-state index in [1.165, 1.54) is 16.7 Å². The van der Waals surface area contributed by atoms with Crippen LogP contribution in [0.25, 0.3) is 0 Å². The molecule has 0 unspecified atom stereocenters. The maximum atomic E-state index is 4.25. The van der Waals surface area contributed by atoms with Crippen molar-refractivity contribution in [1.29, 1.82) is 0 Å². The Kier molecular flexibility index (Phi) is 9.69. The highest BCUT2D eigenvalue weighted by Gasteiger charge is 2.14. The van der Waals surface area contributed by atoms with Gasteiger partial charge in [-0.15, -0.1) is 0 Å². The van der Waals surface area contributed by atoms with Crippen LogP contribution < -0.4 is 0 Å². The summed E-state index contributed by atoms with van der Waals surface area (Å²) in [5.74, 6) is 0.831. The molecular formula is C28H42N4. The van der Waals surface area contributed by atoms with E-state index in [0.717, 1.165) is 11.5 Å². The Labute approximate surface area is 196 Å². The van der Waals surface area contributed by atoms with E-state index >= 15 is 0 Å². The Balaban J connectivity index is 0.000000240. The fourth-order valence-electron chi connectivity index (χ4n) is 2.50. The van der Waals surface area contributed by atoms with E-state index in [0.29, 0.717) is 0 Å². The van der Waals surface area contributed by atoms with Crippen molar-refractivity contribution in [3.05, 3.63) is 83.5 Å². The molecule has 32 heavy (non-hydrogen) atoms. The lowest BCUT2D eigenvalue weighted by molar-refractivity contribution is 0.583. The summed E-state index contributed by atoms with van der Waals surface area (Å²) >= 11 is 0. The number of hydrogen-bond acceptors (Lipinski definition) is 4. The monoisotopic (exact) mass is 434 g/mol. The van der Waals surface area contributed by atoms with Crippen LogP contribution in [-0.4, -0.2) is 19.9 Å². The molecule has 0 atom stereocenters. The van der Waals surface area contributed by atoms with Gasteiger partial charge >= 0.3 is 0 Å². The Morgan fingerprint density at radius 2 is 1.00 bits per heavy atom. The summed E-state index contributed by atoms with van der Waals surface area (Å²) in [7, 11) is 0. The van der Waals surface area contributed by atoms with Crippen molar-refractivity contribution in [3.63, 3.8) is 0 Å². The van der Waals surface area contributed by atoms with Crippen molar-refractivity contribution >= 4 is 0 Å². The largest absolute Gasteiger partial charge is 0.264 e. The molecule has 0 aliphatic rings. The second kappa shape index (κ2) is 11.3. The van der Waals surface area contributed by atoms with E-state index in [9.17, 15) is 0 Å². The Morgan fingerprint density at radius 1 is 0.531 bits per heavy atom. The van der Waals surface area contributed by atoms with E-state index < -0.39 is 0 Å². The molecule has 0 fully saturated rings. The highest BCUT2D eigenvalue weighted by molar-refractivity contribution is 5.20. The van der Waals surface area contributed by atoms with Gasteiger partial charge in [-0.2, -0.15) is 0 Å². The van der Waals surface area contributed by atoms with Gasteiger partial charge in [-0.1, -0.05) is 74.4 Å². The van der Waals surface area contributed by atoms with Gasteiger partial charge in [-0.25, -0.2) is 9.97 Å². The van der Waals surface area contributed by atoms with Gasteiger partial charge in [0, 0.05) is 36.7 Å². The van der Waals surface area contributed by atoms with Gasteiger partial charge in [-0.05, 0) is 58.9 Å². The van der Waals surface area contributed by atoms with Crippen LogP contribution in [0.15, 0.2) is 55.2 Å². The Hall–Kier alpha value is -2.62. The molecule has 0 amide bonds. The number of nitrogens with zero attached hydrogens (tertiary/aromatic N) is 4. The third-order valence-electron chi connectivity index (χ3n) is 4.95. The van der Waals surface area contributed by atoms with Gasteiger partial charge in [-0.3, -0.25) is 9.97 Å². The summed E-state index contributed by atoms with van der Waals surface area (Å²) in [5, 5.41) is 0. The van der Waals surface area contributed by atoms with Gasteiger partial charge in [0.25, 0.3) is 0 Å². The zero-order valence-corrected chi connectivity index (χ0v) is 22.0. The molecule has 0 aliphatic heterocycles. The molecule has 3 heterocycles. The summed E-state index contributed by atoms with van der Waals surface area (Å²) in [5.41, 5.74) is 5.46. The van der Waals surface area contributed by atoms with Crippen LogP contribution in [-0.2, 0) is 16.2 Å². The Morgan fingerprint density at radius 3 is 1.34 bits per heavy atom. The fourth-order valence-corrected chi connectivity index (χ4v) is 2.50. The quantitative estimate of drug-likeness (QED) is 0.377. The van der Waals surface area contributed by atoms with Crippen molar-refractivity contribution in [2.24, 2.45) is 0 Å². The topological polar surface area (TPSA) is 51.6 Å². The lowest BCUT2D eigenvalue weighted by atomic mass is 9.88. The molecule has 0 N–H and O–H groups in total. The van der Waals surface area contributed by atoms with Crippen molar-refractivity contribution in [2.75, 3.05) is 0 Å². The minimum absolute atomic E-state index is 0.160. The average Bonchev–Trinajstić information content (AvgIpc) is 2.68. The summed E-state index contributed by atoms with van der Waals surface area (Å²) in [6, 6.07) is 8.27. The molecule has 3 rings (SSSR count). The molecule has 4 heteroatoms. The molecule has 0 aromatic carbocycles. The first kappa shape index (κ1) is 27.4. The zero-order valence-electron chi connectivity index (χ0n) is 22.0. The molecule has 4 nitrogen and oxygen atoms in total. The molecule has 0 saturated heterocycles. The van der Waals surface area contributed by atoms with Crippen LogP contribution in [0.4, 0.5) is 0 Å². The van der Waals surface area contributed by atoms with Crippen molar-refractivity contribution in [1.82, 2.24) is 19.9 Å². The van der Waals surface area contributed by atoms with E-state index in [4.69, 9.17) is 0 Å². The molecule has 0 spiro atoms. The molecule has 3 aromatic rings. The molecule has 0 bridgehead atoms. The van der Waals surface area contributed by atoms with Gasteiger partial charge in [0.1, 0.15) is 5.82 Å². The zero-order chi connectivity index (χ0) is 24.6. The lowest BCUT2D eigenvalue weighted by Crippen LogP contribution is -2.12. The van der Waals surface area contributed by atoms with Gasteiger partial charge < -0.3 is 0 Å². The summed E-state index contributed by atoms with van der Waals surface area (Å²) < 4.78 is 0. The van der Waals surface area contributed by atoms with Crippen LogP contribution in [0.2, 0.25) is 0 Å². The molecule has 0 saturated carbocycles. The number of pyridine rings is 2. The smallest absolute Gasteiger partial charge is 0.125 e. The normalized spacial score (nSPS) is 11.6. The second-order valence-electron chi connectivity index (χ2n) is 11.2. The number of hydrogen-bond donors (Lipinski definition) is 0. The first-order valence-corrected chi connectivity index (χ1v) is 11.2. The van der Waals surface area contributed by atoms with Crippen LogP contribution in [0.3, 0.4) is 0 Å². The van der Waals surface area contributed by atoms with Crippen molar-refractivity contribution in [2.45, 2.75) is 92.4 Å². The molecule has 174 valence electrons. The molecular weight excluding hydrogens is 392 g/mol. The number of rotatable bonds is 0. The second-order valence-corrected chi connectivity index (χ2v) is 11.2. The predicted molar refractivity (Wildman–Crippen MR) is 136 cm³/mol. The van der Waals surface area contributed by atoms with Crippen molar-refractivity contribution < 1.29 is 0 Å². The first-order chi connectivity index (χ1) is 14.6. The minimum atomic E-state index is 0.160. The fraction of sp³-hybridized carbons (Fsp3) is 0.500. The summed E-state index contributed by atoms with van der Waals surface area (Å²) in [6.07, 6.45) is 9.45. The van der Waals surface area contributed by atoms with E-state index in [2.05, 4.69) is 100 Å². The predicted octanol–water partition coefficient (Wildman–Crippen LogP) is 7.15. The van der Waals surface area contributed by atoms with Crippen LogP contribution in [0.1, 0.15) is 90.5 Å². The SMILES string of the molecule is CC(C)(C)c1cccnc1.Cc1ccc(C(C)(C)C)cn1.Cc1ncc(C(C)(C)C)cn1. The third-order valence-corrected chi connectivity index (χ3v) is 4.95. The van der Waals surface area contributed by atoms with Crippen LogP contribution in [0, 0.1) is 13.8 Å². The third kappa shape index (κ3) is 10.1. The number of aryl methyl sites for hydroxylation is 2. The van der Waals surface area contributed by atoms with Crippen molar-refractivity contribution in [3.8, 4) is 0 Å². The standard InChI is InChI=1S/C10H15N.C9H14N2.C9H13N/c1-8-5-6-9(7-11-8)10(2,3)4;1-7-10-5-8(6-11-7)9(2,3)4;1-9(2,3)8-5-4-6-10-7-8/h5-7H,1-4H3;5-6H,1-4H3;4-7H,1-3H3. The van der Waals surface area contributed by atoms with Crippen LogP contribution >= 0.6 is 0 Å². The Bertz CT molecular complexity index is 853. The molecule has 0 aliphatic carbocycles. The highest BCUT2D eigenvalue weighted by atomic mass is 14.8. The van der Waals surface area contributed by atoms with Gasteiger partial charge in [0.2, 0.25) is 0 Å². The lowest BCUT2D eigenvalue weighted by Gasteiger charge is -2.17. The average molecular weight is 435 g/mol. The van der Waals surface area contributed by atoms with E-state index in [1.807, 2.05) is 44.7 Å². The molecule has 3 aromatic heterocycles. The maximum absolute atomic E-state index is 4.25. The minimum Gasteiger partial charge on any atom is -0.264 e. The first-order valence-electron chi connectivity index (χ1n) is 11.2. The van der Waals surface area contributed by atoms with Gasteiger partial charge in [0.15, 0.2) is 0 Å². The highest BCUT2D eigenvalue weighted by Crippen LogP contribution is 2.21. The summed E-state index contributed by atoms with van der Waals surface area (Å²) in [4.78, 5) is 16.6. The summed E-state index contributed by atoms with van der Waals surface area (Å²) in [6.45, 7) is 23.5. The van der Waals surface area contributed by atoms with Gasteiger partial charge in [0.05, 0.1) is 0 Å². The number of aromatic nitrogens is 4. The molecule has 0 radical (unpaired) electrons.